The van der Waals surface area contributed by atoms with Gasteiger partial charge in [-0.1, -0.05) is 48.7 Å². The molecule has 0 bridgehead atoms. The Morgan fingerprint density at radius 3 is 2.19 bits per heavy atom. The van der Waals surface area contributed by atoms with Crippen LogP contribution >= 0.6 is 15.9 Å². The minimum atomic E-state index is 0.0342. The van der Waals surface area contributed by atoms with Crippen molar-refractivity contribution in [2.24, 2.45) is 20.0 Å². The molecule has 0 aliphatic carbocycles. The molecule has 1 atom stereocenters. The van der Waals surface area contributed by atoms with Crippen molar-refractivity contribution in [1.82, 2.24) is 9.13 Å². The van der Waals surface area contributed by atoms with Crippen LogP contribution in [0.4, 0.5) is 0 Å². The van der Waals surface area contributed by atoms with Crippen molar-refractivity contribution in [3.05, 3.63) is 34.2 Å². The maximum absolute atomic E-state index is 12.0. The molecule has 1 aromatic carbocycles. The molecule has 0 fully saturated rings. The number of imidazole rings is 1. The van der Waals surface area contributed by atoms with Crippen molar-refractivity contribution in [3.63, 3.8) is 0 Å². The molecule has 0 saturated carbocycles. The van der Waals surface area contributed by atoms with Gasteiger partial charge in [0.15, 0.2) is 0 Å². The molecule has 1 heterocycles. The largest absolute Gasteiger partial charge is 0.328 e. The van der Waals surface area contributed by atoms with Crippen LogP contribution in [0.3, 0.4) is 0 Å². The number of nitrogens with zero attached hydrogens (tertiary/aromatic N) is 2. The molecule has 0 radical (unpaired) electrons. The zero-order chi connectivity index (χ0) is 15.6. The highest BCUT2D eigenvalue weighted by atomic mass is 79.9. The Labute approximate surface area is 135 Å². The second-order valence-corrected chi connectivity index (χ2v) is 6.87. The highest BCUT2D eigenvalue weighted by Crippen LogP contribution is 2.37. The lowest BCUT2D eigenvalue weighted by Crippen LogP contribution is -2.19. The fourth-order valence-corrected chi connectivity index (χ4v) is 3.96. The molecule has 0 aliphatic rings. The van der Waals surface area contributed by atoms with Gasteiger partial charge in [-0.2, -0.15) is 0 Å². The van der Waals surface area contributed by atoms with E-state index in [1.165, 1.54) is 31.2 Å². The highest BCUT2D eigenvalue weighted by Gasteiger charge is 2.20. The van der Waals surface area contributed by atoms with Crippen molar-refractivity contribution < 1.29 is 0 Å². The first-order valence-corrected chi connectivity index (χ1v) is 8.72. The monoisotopic (exact) mass is 352 g/mol. The van der Waals surface area contributed by atoms with Gasteiger partial charge < -0.3 is 0 Å². The Bertz CT molecular complexity index is 665. The van der Waals surface area contributed by atoms with Crippen molar-refractivity contribution in [3.8, 4) is 0 Å². The Morgan fingerprint density at radius 1 is 1.05 bits per heavy atom. The SMILES string of the molecule is CCCC(CCC)C(Br)c1ccc2c(c1)n(C)c(=O)n2C. The maximum atomic E-state index is 12.0. The average Bonchev–Trinajstić information content (AvgIpc) is 2.71. The Kier molecular flexibility index (Phi) is 5.31. The van der Waals surface area contributed by atoms with E-state index in [2.05, 4.69) is 48.0 Å². The summed E-state index contributed by atoms with van der Waals surface area (Å²) in [5, 5.41) is 0. The van der Waals surface area contributed by atoms with Crippen molar-refractivity contribution in [1.29, 1.82) is 0 Å². The summed E-state index contributed by atoms with van der Waals surface area (Å²) < 4.78 is 3.44. The van der Waals surface area contributed by atoms with Crippen LogP contribution in [0, 0.1) is 5.92 Å². The first-order chi connectivity index (χ1) is 10.0. The topological polar surface area (TPSA) is 26.9 Å². The third-order valence-electron chi connectivity index (χ3n) is 4.35. The number of hydrogen-bond acceptors (Lipinski definition) is 1. The summed E-state index contributed by atoms with van der Waals surface area (Å²) in [6.45, 7) is 4.49. The molecular formula is C17H25BrN2O. The van der Waals surface area contributed by atoms with Crippen molar-refractivity contribution in [2.75, 3.05) is 0 Å². The summed E-state index contributed by atoms with van der Waals surface area (Å²) in [5.74, 6) is 0.651. The van der Waals surface area contributed by atoms with Gasteiger partial charge in [0.25, 0.3) is 0 Å². The number of fused-ring (bicyclic) bond motifs is 1. The molecule has 0 aliphatic heterocycles. The minimum Gasteiger partial charge on any atom is -0.295 e. The molecular weight excluding hydrogens is 328 g/mol. The zero-order valence-electron chi connectivity index (χ0n) is 13.4. The third kappa shape index (κ3) is 3.10. The Hall–Kier alpha value is -1.03. The molecule has 0 N–H and O–H groups in total. The average molecular weight is 353 g/mol. The normalized spacial score (nSPS) is 13.2. The van der Waals surface area contributed by atoms with Gasteiger partial charge in [-0.25, -0.2) is 4.79 Å². The maximum Gasteiger partial charge on any atom is 0.328 e. The Morgan fingerprint density at radius 2 is 1.62 bits per heavy atom. The summed E-state index contributed by atoms with van der Waals surface area (Å²) in [6, 6.07) is 6.38. The minimum absolute atomic E-state index is 0.0342. The van der Waals surface area contributed by atoms with Crippen molar-refractivity contribution in [2.45, 2.75) is 44.4 Å². The van der Waals surface area contributed by atoms with Crippen LogP contribution in [0.5, 0.6) is 0 Å². The quantitative estimate of drug-likeness (QED) is 0.701. The van der Waals surface area contributed by atoms with Gasteiger partial charge in [-0.15, -0.1) is 0 Å². The smallest absolute Gasteiger partial charge is 0.295 e. The standard InChI is InChI=1S/C17H25BrN2O/c1-5-7-12(8-6-2)16(18)13-9-10-14-15(11-13)20(4)17(21)19(14)3/h9-12,16H,5-8H2,1-4H3. The van der Waals surface area contributed by atoms with E-state index < -0.39 is 0 Å². The second kappa shape index (κ2) is 6.82. The molecule has 0 amide bonds. The predicted molar refractivity (Wildman–Crippen MR) is 93.1 cm³/mol. The van der Waals surface area contributed by atoms with Crippen LogP contribution < -0.4 is 5.69 Å². The third-order valence-corrected chi connectivity index (χ3v) is 5.62. The first kappa shape index (κ1) is 16.3. The molecule has 2 rings (SSSR count). The van der Waals surface area contributed by atoms with Gasteiger partial charge in [0, 0.05) is 18.9 Å². The van der Waals surface area contributed by atoms with Gasteiger partial charge in [-0.05, 0) is 36.5 Å². The second-order valence-electron chi connectivity index (χ2n) is 5.89. The summed E-state index contributed by atoms with van der Waals surface area (Å²) >= 11 is 3.90. The fourth-order valence-electron chi connectivity index (χ4n) is 3.15. The molecule has 2 aromatic rings. The summed E-state index contributed by atoms with van der Waals surface area (Å²) in [4.78, 5) is 12.4. The zero-order valence-corrected chi connectivity index (χ0v) is 15.0. The summed E-state index contributed by atoms with van der Waals surface area (Å²) in [5.41, 5.74) is 3.31. The number of halogens is 1. The van der Waals surface area contributed by atoms with E-state index >= 15 is 0 Å². The molecule has 1 aromatic heterocycles. The van der Waals surface area contributed by atoms with Crippen molar-refractivity contribution >= 4 is 27.0 Å². The van der Waals surface area contributed by atoms with Gasteiger partial charge in [0.2, 0.25) is 0 Å². The Balaban J connectivity index is 2.42. The van der Waals surface area contributed by atoms with E-state index in [1.54, 1.807) is 9.13 Å². The van der Waals surface area contributed by atoms with E-state index in [0.717, 1.165) is 11.0 Å². The van der Waals surface area contributed by atoms with Gasteiger partial charge in [0.05, 0.1) is 11.0 Å². The van der Waals surface area contributed by atoms with Crippen LogP contribution in [0.25, 0.3) is 11.0 Å². The number of rotatable bonds is 6. The predicted octanol–water partition coefficient (Wildman–Crippen LogP) is 4.53. The lowest BCUT2D eigenvalue weighted by Gasteiger charge is -2.22. The molecule has 4 heteroatoms. The lowest BCUT2D eigenvalue weighted by molar-refractivity contribution is 0.435. The van der Waals surface area contributed by atoms with E-state index in [9.17, 15) is 4.79 Å². The first-order valence-electron chi connectivity index (χ1n) is 7.80. The summed E-state index contributed by atoms with van der Waals surface area (Å²) in [7, 11) is 3.67. The number of aryl methyl sites for hydroxylation is 2. The molecule has 0 spiro atoms. The number of aromatic nitrogens is 2. The van der Waals surface area contributed by atoms with Crippen LogP contribution in [0.15, 0.2) is 23.0 Å². The van der Waals surface area contributed by atoms with Gasteiger partial charge in [-0.3, -0.25) is 9.13 Å². The van der Waals surface area contributed by atoms with Crippen LogP contribution in [0.2, 0.25) is 0 Å². The molecule has 116 valence electrons. The lowest BCUT2D eigenvalue weighted by atomic mass is 9.91. The summed E-state index contributed by atoms with van der Waals surface area (Å²) in [6.07, 6.45) is 4.88. The van der Waals surface area contributed by atoms with E-state index in [0.29, 0.717) is 10.7 Å². The fraction of sp³-hybridized carbons (Fsp3) is 0.588. The highest BCUT2D eigenvalue weighted by molar-refractivity contribution is 9.09. The van der Waals surface area contributed by atoms with Crippen LogP contribution in [-0.4, -0.2) is 9.13 Å². The number of hydrogen-bond donors (Lipinski definition) is 0. The van der Waals surface area contributed by atoms with Crippen LogP contribution in [0.1, 0.15) is 49.9 Å². The van der Waals surface area contributed by atoms with Gasteiger partial charge >= 0.3 is 5.69 Å². The molecule has 1 unspecified atom stereocenters. The van der Waals surface area contributed by atoms with E-state index in [4.69, 9.17) is 0 Å². The van der Waals surface area contributed by atoms with Gasteiger partial charge in [0.1, 0.15) is 0 Å². The number of alkyl halides is 1. The van der Waals surface area contributed by atoms with E-state index in [1.807, 2.05) is 14.1 Å². The number of benzene rings is 1. The van der Waals surface area contributed by atoms with E-state index in [-0.39, 0.29) is 5.69 Å². The molecule has 21 heavy (non-hydrogen) atoms. The van der Waals surface area contributed by atoms with Crippen LogP contribution in [-0.2, 0) is 14.1 Å². The molecule has 3 nitrogen and oxygen atoms in total. The molecule has 0 saturated heterocycles.